The third-order valence-electron chi connectivity index (χ3n) is 2.25. The number of hydrogen-bond acceptors (Lipinski definition) is 1. The maximum absolute atomic E-state index is 12.6. The summed E-state index contributed by atoms with van der Waals surface area (Å²) in [6.07, 6.45) is 0. The molecule has 0 saturated carbocycles. The molecular formula is C8H9BF8KNS. The normalized spacial score (nSPS) is 15.9. The molecule has 0 N–H and O–H groups in total. The van der Waals surface area contributed by atoms with E-state index in [1.54, 1.807) is 0 Å². The second-order valence-electron chi connectivity index (χ2n) is 4.20. The zero-order valence-corrected chi connectivity index (χ0v) is 14.6. The molecule has 1 aromatic carbocycles. The molecule has 0 bridgehead atoms. The van der Waals surface area contributed by atoms with Crippen molar-refractivity contribution in [1.29, 1.82) is 0 Å². The standard InChI is InChI=1S/C8H9BF8NS.K/c1-18(2)7-3-6(9(10,11)12)4-8(5-7)19(13,14,15,16)17;/h3-5H,1-2H3;/q-1;+1. The van der Waals surface area contributed by atoms with Crippen LogP contribution in [0.25, 0.3) is 0 Å². The zero-order chi connectivity index (χ0) is 15.3. The van der Waals surface area contributed by atoms with Crippen molar-refractivity contribution in [2.45, 2.75) is 4.90 Å². The molecule has 112 valence electrons. The van der Waals surface area contributed by atoms with Crippen molar-refractivity contribution < 1.29 is 83.8 Å². The molecule has 0 spiro atoms. The van der Waals surface area contributed by atoms with Gasteiger partial charge in [0, 0.05) is 19.8 Å². The van der Waals surface area contributed by atoms with E-state index in [1.807, 2.05) is 0 Å². The smallest absolute Gasteiger partial charge is 0.445 e. The predicted octanol–water partition coefficient (Wildman–Crippen LogP) is 1.47. The summed E-state index contributed by atoms with van der Waals surface area (Å²) in [5.41, 5.74) is -2.31. The summed E-state index contributed by atoms with van der Waals surface area (Å²) < 4.78 is 100. The van der Waals surface area contributed by atoms with Crippen LogP contribution in [0.1, 0.15) is 0 Å². The van der Waals surface area contributed by atoms with Crippen LogP contribution in [0.3, 0.4) is 0 Å². The molecule has 0 amide bonds. The molecule has 20 heavy (non-hydrogen) atoms. The molecule has 1 aromatic rings. The van der Waals surface area contributed by atoms with Gasteiger partial charge < -0.3 is 17.8 Å². The summed E-state index contributed by atoms with van der Waals surface area (Å²) in [5.74, 6) is 0. The molecule has 0 atom stereocenters. The van der Waals surface area contributed by atoms with E-state index in [2.05, 4.69) is 0 Å². The molecule has 0 heterocycles. The second-order valence-corrected chi connectivity index (χ2v) is 6.61. The number of hydrogen-bond donors (Lipinski definition) is 0. The van der Waals surface area contributed by atoms with Gasteiger partial charge in [0.1, 0.15) is 4.90 Å². The summed E-state index contributed by atoms with van der Waals surface area (Å²) >= 11 is 0. The molecule has 0 aliphatic rings. The van der Waals surface area contributed by atoms with E-state index < -0.39 is 39.3 Å². The van der Waals surface area contributed by atoms with Gasteiger partial charge >= 0.3 is 68.6 Å². The van der Waals surface area contributed by atoms with E-state index in [9.17, 15) is 32.4 Å². The minimum atomic E-state index is -10.1. The Kier molecular flexibility index (Phi) is 5.14. The molecule has 0 saturated heterocycles. The fourth-order valence-corrected chi connectivity index (χ4v) is 1.98. The summed E-state index contributed by atoms with van der Waals surface area (Å²) in [7, 11) is -7.85. The van der Waals surface area contributed by atoms with Crippen molar-refractivity contribution in [3.63, 3.8) is 0 Å². The number of benzene rings is 1. The van der Waals surface area contributed by atoms with E-state index in [4.69, 9.17) is 0 Å². The Bertz CT molecular complexity index is 511. The van der Waals surface area contributed by atoms with Crippen LogP contribution in [-0.2, 0) is 0 Å². The molecule has 0 aliphatic carbocycles. The molecule has 0 fully saturated rings. The van der Waals surface area contributed by atoms with Gasteiger partial charge in [-0.25, -0.2) is 0 Å². The van der Waals surface area contributed by atoms with Gasteiger partial charge in [0.15, 0.2) is 0 Å². The maximum Gasteiger partial charge on any atom is 1.00 e. The molecule has 0 aliphatic heterocycles. The number of nitrogens with zero attached hydrogens (tertiary/aromatic N) is 1. The van der Waals surface area contributed by atoms with Gasteiger partial charge in [-0.1, -0.05) is 31.6 Å². The van der Waals surface area contributed by atoms with E-state index in [1.165, 1.54) is 0 Å². The van der Waals surface area contributed by atoms with Crippen LogP contribution in [0.4, 0.5) is 38.1 Å². The monoisotopic (exact) mass is 353 g/mol. The van der Waals surface area contributed by atoms with Crippen LogP contribution in [0, 0.1) is 0 Å². The van der Waals surface area contributed by atoms with Gasteiger partial charge in [-0.2, -0.15) is 0 Å². The summed E-state index contributed by atoms with van der Waals surface area (Å²) in [6.45, 7) is -5.81. The molecule has 1 rings (SSSR count). The van der Waals surface area contributed by atoms with Crippen molar-refractivity contribution in [3.8, 4) is 0 Å². The zero-order valence-electron chi connectivity index (χ0n) is 10.7. The largest absolute Gasteiger partial charge is 1.00 e. The van der Waals surface area contributed by atoms with Crippen molar-refractivity contribution in [1.82, 2.24) is 0 Å². The van der Waals surface area contributed by atoms with Gasteiger partial charge in [-0.3, -0.25) is 0 Å². The van der Waals surface area contributed by atoms with E-state index >= 15 is 0 Å². The first-order valence-corrected chi connectivity index (χ1v) is 6.72. The van der Waals surface area contributed by atoms with Crippen LogP contribution in [0.5, 0.6) is 0 Å². The van der Waals surface area contributed by atoms with Crippen LogP contribution < -0.4 is 61.7 Å². The Morgan fingerprint density at radius 2 is 1.35 bits per heavy atom. The first-order chi connectivity index (χ1) is 8.00. The first kappa shape index (κ1) is 20.5. The van der Waals surface area contributed by atoms with Crippen LogP contribution in [-0.4, -0.2) is 21.1 Å². The average Bonchev–Trinajstić information content (AvgIpc) is 2.12. The Hall–Kier alpha value is 0.511. The first-order valence-electron chi connectivity index (χ1n) is 4.77. The Morgan fingerprint density at radius 1 is 0.900 bits per heavy atom. The second kappa shape index (κ2) is 5.02. The fourth-order valence-electron chi connectivity index (χ4n) is 1.28. The number of rotatable bonds is 3. The van der Waals surface area contributed by atoms with Gasteiger partial charge in [0.2, 0.25) is 0 Å². The molecule has 0 radical (unpaired) electrons. The van der Waals surface area contributed by atoms with E-state index in [0.717, 1.165) is 19.0 Å². The van der Waals surface area contributed by atoms with Crippen LogP contribution >= 0.6 is 10.2 Å². The predicted molar refractivity (Wildman–Crippen MR) is 60.9 cm³/mol. The molecule has 0 aromatic heterocycles. The van der Waals surface area contributed by atoms with Crippen molar-refractivity contribution in [3.05, 3.63) is 18.2 Å². The minimum absolute atomic E-state index is 0. The minimum Gasteiger partial charge on any atom is -0.445 e. The molecule has 12 heteroatoms. The summed E-state index contributed by atoms with van der Waals surface area (Å²) in [4.78, 5) is -1.65. The maximum atomic E-state index is 12.6. The van der Waals surface area contributed by atoms with Crippen molar-refractivity contribution in [2.75, 3.05) is 19.0 Å². The number of halogens is 8. The van der Waals surface area contributed by atoms with Gasteiger partial charge in [0.25, 0.3) is 0 Å². The van der Waals surface area contributed by atoms with Crippen molar-refractivity contribution >= 4 is 28.4 Å². The molecule has 0 unspecified atom stereocenters. The van der Waals surface area contributed by atoms with Crippen molar-refractivity contribution in [2.24, 2.45) is 0 Å². The van der Waals surface area contributed by atoms with Crippen LogP contribution in [0.15, 0.2) is 23.1 Å². The third kappa shape index (κ3) is 5.37. The number of anilines is 1. The Labute approximate surface area is 152 Å². The molecular weight excluding hydrogens is 344 g/mol. The Morgan fingerprint density at radius 3 is 1.65 bits per heavy atom. The van der Waals surface area contributed by atoms with E-state index in [-0.39, 0.29) is 57.5 Å². The summed E-state index contributed by atoms with van der Waals surface area (Å²) in [5, 5.41) is 0. The van der Waals surface area contributed by atoms with E-state index in [0.29, 0.717) is 6.07 Å². The SMILES string of the molecule is CN(C)c1cc([B-](F)(F)F)cc(S(F)(F)(F)(F)F)c1.[K+]. The van der Waals surface area contributed by atoms with Gasteiger partial charge in [-0.15, -0.1) is 5.46 Å². The fraction of sp³-hybridized carbons (Fsp3) is 0.250. The van der Waals surface area contributed by atoms with Crippen LogP contribution in [0.2, 0.25) is 0 Å². The summed E-state index contributed by atoms with van der Waals surface area (Å²) in [6, 6.07) is -0.144. The quantitative estimate of drug-likeness (QED) is 0.588. The molecule has 1 nitrogen and oxygen atoms in total. The van der Waals surface area contributed by atoms with Gasteiger partial charge in [-0.05, 0) is 6.07 Å². The average molecular weight is 353 g/mol. The van der Waals surface area contributed by atoms with Gasteiger partial charge in [0.05, 0.1) is 0 Å². The Balaban J connectivity index is 0.00000361. The topological polar surface area (TPSA) is 3.24 Å². The third-order valence-corrected chi connectivity index (χ3v) is 3.38.